The summed E-state index contributed by atoms with van der Waals surface area (Å²) < 4.78 is 0. The molecule has 1 fully saturated rings. The zero-order chi connectivity index (χ0) is 10.1. The second-order valence-corrected chi connectivity index (χ2v) is 5.29. The molecule has 0 bridgehead atoms. The molecule has 1 N–H and O–H groups in total. The van der Waals surface area contributed by atoms with Gasteiger partial charge in [0, 0.05) is 18.5 Å². The highest BCUT2D eigenvalue weighted by molar-refractivity contribution is 5.84. The van der Waals surface area contributed by atoms with E-state index in [-0.39, 0.29) is 5.41 Å². The molecule has 2 heteroatoms. The molecule has 1 rings (SSSR count). The lowest BCUT2D eigenvalue weighted by Crippen LogP contribution is -2.44. The Morgan fingerprint density at radius 1 is 1.38 bits per heavy atom. The summed E-state index contributed by atoms with van der Waals surface area (Å²) >= 11 is 0. The number of rotatable bonds is 0. The van der Waals surface area contributed by atoms with E-state index in [0.717, 1.165) is 24.8 Å². The van der Waals surface area contributed by atoms with Gasteiger partial charge in [-0.25, -0.2) is 0 Å². The molecule has 0 radical (unpaired) electrons. The Bertz CT molecular complexity index is 191. The van der Waals surface area contributed by atoms with E-state index in [4.69, 9.17) is 5.41 Å². The summed E-state index contributed by atoms with van der Waals surface area (Å²) in [5.74, 6) is 1.57. The molecule has 0 saturated carbocycles. The highest BCUT2D eigenvalue weighted by Gasteiger charge is 2.26. The Kier molecular flexibility index (Phi) is 2.99. The van der Waals surface area contributed by atoms with Crippen molar-refractivity contribution in [2.75, 3.05) is 13.1 Å². The van der Waals surface area contributed by atoms with Gasteiger partial charge in [-0.3, -0.25) is 5.41 Å². The summed E-state index contributed by atoms with van der Waals surface area (Å²) in [6, 6.07) is 0. The minimum atomic E-state index is 0.0110. The molecule has 1 heterocycles. The van der Waals surface area contributed by atoms with Crippen molar-refractivity contribution in [3.63, 3.8) is 0 Å². The van der Waals surface area contributed by atoms with Crippen LogP contribution < -0.4 is 0 Å². The van der Waals surface area contributed by atoms with E-state index in [1.165, 1.54) is 12.8 Å². The number of hydrogen-bond acceptors (Lipinski definition) is 1. The molecule has 0 spiro atoms. The zero-order valence-corrected chi connectivity index (χ0v) is 9.35. The highest BCUT2D eigenvalue weighted by Crippen LogP contribution is 2.23. The van der Waals surface area contributed by atoms with Crippen molar-refractivity contribution < 1.29 is 0 Å². The molecule has 0 aromatic heterocycles. The van der Waals surface area contributed by atoms with Crippen LogP contribution in [0.2, 0.25) is 0 Å². The van der Waals surface area contributed by atoms with Gasteiger partial charge in [-0.05, 0) is 18.8 Å². The lowest BCUT2D eigenvalue weighted by Gasteiger charge is -2.37. The van der Waals surface area contributed by atoms with Crippen LogP contribution in [-0.2, 0) is 0 Å². The third-order valence-electron chi connectivity index (χ3n) is 2.68. The van der Waals surface area contributed by atoms with Gasteiger partial charge in [0.25, 0.3) is 0 Å². The average Bonchev–Trinajstić information content (AvgIpc) is 2.01. The molecule has 13 heavy (non-hydrogen) atoms. The smallest absolute Gasteiger partial charge is 0.101 e. The number of nitrogens with zero attached hydrogens (tertiary/aromatic N) is 1. The molecule has 76 valence electrons. The number of piperidine rings is 1. The van der Waals surface area contributed by atoms with Crippen LogP contribution in [0.4, 0.5) is 0 Å². The number of nitrogens with one attached hydrogen (secondary N) is 1. The number of hydrogen-bond donors (Lipinski definition) is 1. The molecular weight excluding hydrogens is 160 g/mol. The SMILES string of the molecule is CC1CCCN(C(=N)C(C)(C)C)C1. The van der Waals surface area contributed by atoms with Gasteiger partial charge in [0.1, 0.15) is 5.84 Å². The van der Waals surface area contributed by atoms with Crippen molar-refractivity contribution in [3.05, 3.63) is 0 Å². The van der Waals surface area contributed by atoms with E-state index in [1.807, 2.05) is 0 Å². The van der Waals surface area contributed by atoms with Crippen LogP contribution in [0.3, 0.4) is 0 Å². The maximum atomic E-state index is 8.05. The minimum absolute atomic E-state index is 0.0110. The molecular formula is C11H22N2. The van der Waals surface area contributed by atoms with Crippen molar-refractivity contribution in [3.8, 4) is 0 Å². The quantitative estimate of drug-likeness (QED) is 0.452. The van der Waals surface area contributed by atoms with Gasteiger partial charge in [-0.2, -0.15) is 0 Å². The first-order chi connectivity index (χ1) is 5.91. The Morgan fingerprint density at radius 2 is 2.00 bits per heavy atom. The van der Waals surface area contributed by atoms with Crippen molar-refractivity contribution in [2.45, 2.75) is 40.5 Å². The van der Waals surface area contributed by atoms with Crippen molar-refractivity contribution in [1.29, 1.82) is 5.41 Å². The fraction of sp³-hybridized carbons (Fsp3) is 0.909. The minimum Gasteiger partial charge on any atom is -0.360 e. The average molecular weight is 182 g/mol. The van der Waals surface area contributed by atoms with Crippen LogP contribution >= 0.6 is 0 Å². The van der Waals surface area contributed by atoms with Crippen LogP contribution in [0.5, 0.6) is 0 Å². The first-order valence-electron chi connectivity index (χ1n) is 5.25. The molecule has 0 aromatic carbocycles. The van der Waals surface area contributed by atoms with Gasteiger partial charge >= 0.3 is 0 Å². The zero-order valence-electron chi connectivity index (χ0n) is 9.35. The molecule has 1 aliphatic rings. The molecule has 0 aromatic rings. The van der Waals surface area contributed by atoms with E-state index in [2.05, 4.69) is 32.6 Å². The van der Waals surface area contributed by atoms with Crippen LogP contribution in [0, 0.1) is 16.7 Å². The summed E-state index contributed by atoms with van der Waals surface area (Å²) in [4.78, 5) is 2.24. The summed E-state index contributed by atoms with van der Waals surface area (Å²) in [7, 11) is 0. The molecule has 1 aliphatic heterocycles. The van der Waals surface area contributed by atoms with Crippen LogP contribution in [0.1, 0.15) is 40.5 Å². The van der Waals surface area contributed by atoms with Crippen LogP contribution in [0.25, 0.3) is 0 Å². The van der Waals surface area contributed by atoms with Gasteiger partial charge in [0.05, 0.1) is 0 Å². The Morgan fingerprint density at radius 3 is 2.46 bits per heavy atom. The second kappa shape index (κ2) is 3.69. The highest BCUT2D eigenvalue weighted by atomic mass is 15.2. The third kappa shape index (κ3) is 2.71. The van der Waals surface area contributed by atoms with E-state index in [1.54, 1.807) is 0 Å². The van der Waals surface area contributed by atoms with Gasteiger partial charge in [-0.15, -0.1) is 0 Å². The first-order valence-corrected chi connectivity index (χ1v) is 5.25. The fourth-order valence-corrected chi connectivity index (χ4v) is 1.87. The predicted molar refractivity (Wildman–Crippen MR) is 57.2 cm³/mol. The van der Waals surface area contributed by atoms with Crippen molar-refractivity contribution in [2.24, 2.45) is 11.3 Å². The standard InChI is InChI=1S/C11H22N2/c1-9-6-5-7-13(8-9)10(12)11(2,3)4/h9,12H,5-8H2,1-4H3. The summed E-state index contributed by atoms with van der Waals surface area (Å²) in [5, 5.41) is 8.05. The van der Waals surface area contributed by atoms with Gasteiger partial charge < -0.3 is 4.90 Å². The normalized spacial score (nSPS) is 24.6. The summed E-state index contributed by atoms with van der Waals surface area (Å²) in [6.07, 6.45) is 2.58. The van der Waals surface area contributed by atoms with E-state index < -0.39 is 0 Å². The molecule has 0 aliphatic carbocycles. The Labute approximate surface area is 81.8 Å². The topological polar surface area (TPSA) is 27.1 Å². The molecule has 2 nitrogen and oxygen atoms in total. The molecule has 1 unspecified atom stereocenters. The monoisotopic (exact) mass is 182 g/mol. The van der Waals surface area contributed by atoms with Crippen LogP contribution in [0.15, 0.2) is 0 Å². The first kappa shape index (κ1) is 10.6. The maximum absolute atomic E-state index is 8.05. The van der Waals surface area contributed by atoms with Gasteiger partial charge in [-0.1, -0.05) is 27.7 Å². The maximum Gasteiger partial charge on any atom is 0.101 e. The molecule has 0 amide bonds. The van der Waals surface area contributed by atoms with Gasteiger partial charge in [0.2, 0.25) is 0 Å². The van der Waals surface area contributed by atoms with E-state index >= 15 is 0 Å². The van der Waals surface area contributed by atoms with E-state index in [9.17, 15) is 0 Å². The second-order valence-electron chi connectivity index (χ2n) is 5.29. The summed E-state index contributed by atoms with van der Waals surface area (Å²) in [6.45, 7) is 10.8. The van der Waals surface area contributed by atoms with E-state index in [0.29, 0.717) is 0 Å². The molecule has 1 atom stereocenters. The lowest BCUT2D eigenvalue weighted by atomic mass is 9.91. The Balaban J connectivity index is 2.56. The lowest BCUT2D eigenvalue weighted by molar-refractivity contribution is 0.252. The summed E-state index contributed by atoms with van der Waals surface area (Å²) in [5.41, 5.74) is 0.0110. The third-order valence-corrected chi connectivity index (χ3v) is 2.68. The van der Waals surface area contributed by atoms with Crippen molar-refractivity contribution >= 4 is 5.84 Å². The number of amidine groups is 1. The van der Waals surface area contributed by atoms with Crippen molar-refractivity contribution in [1.82, 2.24) is 4.90 Å². The number of likely N-dealkylation sites (tertiary alicyclic amines) is 1. The fourth-order valence-electron chi connectivity index (χ4n) is 1.87. The Hall–Kier alpha value is -0.530. The van der Waals surface area contributed by atoms with Crippen LogP contribution in [-0.4, -0.2) is 23.8 Å². The predicted octanol–water partition coefficient (Wildman–Crippen LogP) is 2.74. The largest absolute Gasteiger partial charge is 0.360 e. The molecule has 1 saturated heterocycles. The van der Waals surface area contributed by atoms with Gasteiger partial charge in [0.15, 0.2) is 0 Å².